The summed E-state index contributed by atoms with van der Waals surface area (Å²) in [5, 5.41) is 15.6. The molecule has 0 aromatic carbocycles. The normalized spacial score (nSPS) is 27.7. The molecule has 3 heterocycles. The molecule has 2 bridgehead atoms. The Morgan fingerprint density at radius 3 is 2.50 bits per heavy atom. The molecule has 5 N–H and O–H groups in total. The number of primary amides is 1. The van der Waals surface area contributed by atoms with Crippen molar-refractivity contribution in [2.75, 3.05) is 5.32 Å². The first-order valence-corrected chi connectivity index (χ1v) is 8.14. The third-order valence-electron chi connectivity index (χ3n) is 4.24. The number of amides is 4. The molecule has 0 saturated carbocycles. The minimum Gasteiger partial charge on any atom is -0.481 e. The second-order valence-electron chi connectivity index (χ2n) is 5.65. The van der Waals surface area contributed by atoms with E-state index in [4.69, 9.17) is 10.5 Å². The van der Waals surface area contributed by atoms with Crippen molar-refractivity contribution in [1.82, 2.24) is 5.32 Å². The second-order valence-corrected chi connectivity index (χ2v) is 6.57. The number of ether oxygens (including phenoxy) is 1. The molecule has 9 nitrogen and oxygen atoms in total. The molecule has 0 aliphatic carbocycles. The largest absolute Gasteiger partial charge is 0.481 e. The number of carboxylic acid groups (broad SMARTS) is 1. The van der Waals surface area contributed by atoms with E-state index in [1.54, 1.807) is 5.38 Å². The number of carbonyl (C=O) groups is 4. The molecule has 10 heteroatoms. The van der Waals surface area contributed by atoms with E-state index < -0.39 is 47.9 Å². The van der Waals surface area contributed by atoms with Crippen LogP contribution in [0.25, 0.3) is 0 Å². The van der Waals surface area contributed by atoms with Gasteiger partial charge in [-0.15, -0.1) is 11.3 Å². The van der Waals surface area contributed by atoms with Crippen molar-refractivity contribution < 1.29 is 29.0 Å². The van der Waals surface area contributed by atoms with Gasteiger partial charge < -0.3 is 20.9 Å². The average Bonchev–Trinajstić information content (AvgIpc) is 3.20. The van der Waals surface area contributed by atoms with Gasteiger partial charge in [-0.2, -0.15) is 0 Å². The number of fused-ring (bicyclic) bond motifs is 2. The minimum atomic E-state index is -1.07. The third-order valence-corrected chi connectivity index (χ3v) is 5.07. The first-order chi connectivity index (χ1) is 11.4. The van der Waals surface area contributed by atoms with Crippen molar-refractivity contribution in [2.24, 2.45) is 17.6 Å². The molecule has 2 aliphatic rings. The fourth-order valence-electron chi connectivity index (χ4n) is 3.28. The molecular weight excluding hydrogens is 338 g/mol. The van der Waals surface area contributed by atoms with Crippen LogP contribution in [0.1, 0.15) is 23.2 Å². The maximum Gasteiger partial charge on any atom is 0.319 e. The number of imide groups is 1. The summed E-state index contributed by atoms with van der Waals surface area (Å²) in [4.78, 5) is 46.6. The molecule has 0 spiro atoms. The Morgan fingerprint density at radius 1 is 1.21 bits per heavy atom. The zero-order valence-electron chi connectivity index (χ0n) is 12.4. The Kier molecular flexibility index (Phi) is 4.24. The third kappa shape index (κ3) is 2.85. The maximum atomic E-state index is 12.5. The number of carboxylic acids is 1. The summed E-state index contributed by atoms with van der Waals surface area (Å²) in [5.41, 5.74) is 4.99. The monoisotopic (exact) mass is 353 g/mol. The SMILES string of the molecule is NC(=O)NC(=O)c1ccsc1NC(=O)[C@H]1[C@@H](C(=O)O)[C@H]2CC[C@H]1O2. The molecule has 2 fully saturated rings. The number of carbonyl (C=O) groups excluding carboxylic acids is 3. The fraction of sp³-hybridized carbons (Fsp3) is 0.429. The molecule has 24 heavy (non-hydrogen) atoms. The van der Waals surface area contributed by atoms with Crippen LogP contribution < -0.4 is 16.4 Å². The van der Waals surface area contributed by atoms with Gasteiger partial charge in [0, 0.05) is 0 Å². The summed E-state index contributed by atoms with van der Waals surface area (Å²) in [5.74, 6) is -4.02. The van der Waals surface area contributed by atoms with Gasteiger partial charge in [0.25, 0.3) is 5.91 Å². The Bertz CT molecular complexity index is 717. The highest BCUT2D eigenvalue weighted by molar-refractivity contribution is 7.14. The van der Waals surface area contributed by atoms with E-state index >= 15 is 0 Å². The van der Waals surface area contributed by atoms with Gasteiger partial charge in [-0.3, -0.25) is 19.7 Å². The lowest BCUT2D eigenvalue weighted by Crippen LogP contribution is -2.41. The highest BCUT2D eigenvalue weighted by atomic mass is 32.1. The predicted molar refractivity (Wildman–Crippen MR) is 82.5 cm³/mol. The van der Waals surface area contributed by atoms with Gasteiger partial charge >= 0.3 is 12.0 Å². The van der Waals surface area contributed by atoms with Crippen molar-refractivity contribution in [2.45, 2.75) is 25.0 Å². The van der Waals surface area contributed by atoms with Gasteiger partial charge in [-0.25, -0.2) is 4.79 Å². The molecule has 4 atom stereocenters. The summed E-state index contributed by atoms with van der Waals surface area (Å²) in [6.45, 7) is 0. The van der Waals surface area contributed by atoms with Crippen LogP contribution in [0.4, 0.5) is 9.80 Å². The van der Waals surface area contributed by atoms with E-state index in [-0.39, 0.29) is 10.6 Å². The molecule has 2 saturated heterocycles. The van der Waals surface area contributed by atoms with Gasteiger partial charge in [-0.05, 0) is 24.3 Å². The summed E-state index contributed by atoms with van der Waals surface area (Å²) < 4.78 is 5.55. The number of hydrogen-bond acceptors (Lipinski definition) is 6. The number of urea groups is 1. The van der Waals surface area contributed by atoms with E-state index in [1.165, 1.54) is 6.07 Å². The summed E-state index contributed by atoms with van der Waals surface area (Å²) >= 11 is 1.09. The minimum absolute atomic E-state index is 0.0862. The highest BCUT2D eigenvalue weighted by Crippen LogP contribution is 2.44. The zero-order chi connectivity index (χ0) is 17.4. The van der Waals surface area contributed by atoms with E-state index in [0.29, 0.717) is 12.8 Å². The highest BCUT2D eigenvalue weighted by Gasteiger charge is 2.55. The van der Waals surface area contributed by atoms with Crippen LogP contribution in [0.2, 0.25) is 0 Å². The van der Waals surface area contributed by atoms with Crippen molar-refractivity contribution in [1.29, 1.82) is 0 Å². The van der Waals surface area contributed by atoms with E-state index in [0.717, 1.165) is 11.3 Å². The topological polar surface area (TPSA) is 148 Å². The molecule has 0 radical (unpaired) electrons. The van der Waals surface area contributed by atoms with Gasteiger partial charge in [-0.1, -0.05) is 0 Å². The summed E-state index contributed by atoms with van der Waals surface area (Å²) in [6.07, 6.45) is 0.367. The van der Waals surface area contributed by atoms with Crippen LogP contribution in [-0.4, -0.2) is 41.1 Å². The molecule has 0 unspecified atom stereocenters. The predicted octanol–water partition coefficient (Wildman–Crippen LogP) is 0.373. The first kappa shape index (κ1) is 16.4. The lowest BCUT2D eigenvalue weighted by atomic mass is 9.79. The Hall–Kier alpha value is -2.46. The Balaban J connectivity index is 1.76. The molecule has 4 amide bonds. The molecule has 2 aliphatic heterocycles. The Morgan fingerprint density at radius 2 is 1.88 bits per heavy atom. The van der Waals surface area contributed by atoms with E-state index in [2.05, 4.69) is 5.32 Å². The van der Waals surface area contributed by atoms with Crippen molar-refractivity contribution in [3.63, 3.8) is 0 Å². The van der Waals surface area contributed by atoms with E-state index in [9.17, 15) is 24.3 Å². The van der Waals surface area contributed by atoms with Crippen LogP contribution in [0, 0.1) is 11.8 Å². The molecule has 1 aromatic heterocycles. The van der Waals surface area contributed by atoms with Crippen LogP contribution in [0.15, 0.2) is 11.4 Å². The first-order valence-electron chi connectivity index (χ1n) is 7.26. The van der Waals surface area contributed by atoms with Crippen molar-refractivity contribution in [3.8, 4) is 0 Å². The van der Waals surface area contributed by atoms with Crippen molar-refractivity contribution in [3.05, 3.63) is 17.0 Å². The summed E-state index contributed by atoms with van der Waals surface area (Å²) in [7, 11) is 0. The number of hydrogen-bond donors (Lipinski definition) is 4. The lowest BCUT2D eigenvalue weighted by Gasteiger charge is -2.23. The van der Waals surface area contributed by atoms with Gasteiger partial charge in [0.15, 0.2) is 0 Å². The summed E-state index contributed by atoms with van der Waals surface area (Å²) in [6, 6.07) is 0.431. The zero-order valence-corrected chi connectivity index (χ0v) is 13.2. The molecular formula is C14H15N3O6S. The second kappa shape index (κ2) is 6.21. The smallest absolute Gasteiger partial charge is 0.319 e. The quantitative estimate of drug-likeness (QED) is 0.615. The lowest BCUT2D eigenvalue weighted by molar-refractivity contribution is -0.147. The standard InChI is InChI=1S/C14H15N3O6S/c15-14(22)17-10(18)5-3-4-24-12(5)16-11(19)8-6-1-2-7(23-6)9(8)13(20)21/h3-4,6-9H,1-2H2,(H,16,19)(H,20,21)(H3,15,17,18,22)/t6-,7-,8-,9+/m1/s1. The van der Waals surface area contributed by atoms with Crippen LogP contribution in [-0.2, 0) is 14.3 Å². The number of aliphatic carboxylic acids is 1. The van der Waals surface area contributed by atoms with Crippen LogP contribution in [0.3, 0.4) is 0 Å². The number of anilines is 1. The van der Waals surface area contributed by atoms with Crippen LogP contribution >= 0.6 is 11.3 Å². The Labute approximate surface area is 140 Å². The fourth-order valence-corrected chi connectivity index (χ4v) is 4.07. The number of thiophene rings is 1. The van der Waals surface area contributed by atoms with Gasteiger partial charge in [0.2, 0.25) is 5.91 Å². The van der Waals surface area contributed by atoms with Gasteiger partial charge in [0.05, 0.1) is 29.6 Å². The maximum absolute atomic E-state index is 12.5. The molecule has 1 aromatic rings. The van der Waals surface area contributed by atoms with Gasteiger partial charge in [0.1, 0.15) is 5.00 Å². The number of nitrogens with one attached hydrogen (secondary N) is 2. The average molecular weight is 353 g/mol. The van der Waals surface area contributed by atoms with Crippen molar-refractivity contribution >= 4 is 40.2 Å². The van der Waals surface area contributed by atoms with E-state index in [1.807, 2.05) is 5.32 Å². The number of rotatable bonds is 4. The van der Waals surface area contributed by atoms with Crippen LogP contribution in [0.5, 0.6) is 0 Å². The number of nitrogens with two attached hydrogens (primary N) is 1. The molecule has 3 rings (SSSR count). The molecule has 128 valence electrons.